The number of aromatic nitrogens is 1. The van der Waals surface area contributed by atoms with Crippen LogP contribution in [0.5, 0.6) is 0 Å². The van der Waals surface area contributed by atoms with Crippen LogP contribution in [0.3, 0.4) is 0 Å². The number of nitrogens with one attached hydrogen (secondary N) is 1. The van der Waals surface area contributed by atoms with E-state index < -0.39 is 0 Å². The van der Waals surface area contributed by atoms with Crippen LogP contribution in [0, 0.1) is 6.92 Å². The van der Waals surface area contributed by atoms with Gasteiger partial charge >= 0.3 is 0 Å². The van der Waals surface area contributed by atoms with Crippen LogP contribution in [0.15, 0.2) is 12.1 Å². The molecule has 1 fully saturated rings. The second-order valence-corrected chi connectivity index (χ2v) is 5.36. The number of piperazine rings is 1. The molecule has 1 N–H and O–H groups in total. The summed E-state index contributed by atoms with van der Waals surface area (Å²) in [6.45, 7) is 9.85. The third kappa shape index (κ3) is 3.10. The number of pyridine rings is 1. The summed E-state index contributed by atoms with van der Waals surface area (Å²) >= 11 is 0. The summed E-state index contributed by atoms with van der Waals surface area (Å²) < 4.78 is 0. The van der Waals surface area contributed by atoms with Crippen molar-refractivity contribution in [3.05, 3.63) is 23.4 Å². The van der Waals surface area contributed by atoms with Gasteiger partial charge in [-0.1, -0.05) is 6.92 Å². The molecule has 110 valence electrons. The molecule has 0 saturated carbocycles. The number of carbonyl (C=O) groups excluding carboxylic acids is 1. The maximum absolute atomic E-state index is 12.6. The molecule has 1 amide bonds. The number of anilines is 1. The number of hydrogen-bond donors (Lipinski definition) is 1. The SMILES string of the molecule is CCN1CCN(C(=O)c2cc(C)nc(NC)c2)CC1C. The van der Waals surface area contributed by atoms with Crippen molar-refractivity contribution in [2.75, 3.05) is 38.5 Å². The van der Waals surface area contributed by atoms with Crippen LogP contribution >= 0.6 is 0 Å². The van der Waals surface area contributed by atoms with Gasteiger partial charge in [0.1, 0.15) is 5.82 Å². The molecule has 0 bridgehead atoms. The predicted molar refractivity (Wildman–Crippen MR) is 81.1 cm³/mol. The molecule has 5 nitrogen and oxygen atoms in total. The van der Waals surface area contributed by atoms with Gasteiger partial charge in [0.05, 0.1) is 0 Å². The van der Waals surface area contributed by atoms with Gasteiger partial charge in [0, 0.05) is 44.0 Å². The van der Waals surface area contributed by atoms with E-state index in [-0.39, 0.29) is 5.91 Å². The van der Waals surface area contributed by atoms with E-state index in [0.29, 0.717) is 6.04 Å². The van der Waals surface area contributed by atoms with Crippen LogP contribution in [0.4, 0.5) is 5.82 Å². The lowest BCUT2D eigenvalue weighted by Crippen LogP contribution is -2.53. The summed E-state index contributed by atoms with van der Waals surface area (Å²) in [7, 11) is 1.82. The quantitative estimate of drug-likeness (QED) is 0.911. The molecule has 1 unspecified atom stereocenters. The zero-order valence-corrected chi connectivity index (χ0v) is 12.8. The van der Waals surface area contributed by atoms with Gasteiger partial charge in [-0.15, -0.1) is 0 Å². The van der Waals surface area contributed by atoms with Crippen molar-refractivity contribution >= 4 is 11.7 Å². The standard InChI is InChI=1S/C15H24N4O/c1-5-18-6-7-19(10-12(18)3)15(20)13-8-11(2)17-14(9-13)16-4/h8-9,12H,5-7,10H2,1-4H3,(H,16,17). The highest BCUT2D eigenvalue weighted by molar-refractivity contribution is 5.95. The van der Waals surface area contributed by atoms with Crippen molar-refractivity contribution < 1.29 is 4.79 Å². The lowest BCUT2D eigenvalue weighted by Gasteiger charge is -2.39. The molecule has 1 aromatic rings. The van der Waals surface area contributed by atoms with Crippen molar-refractivity contribution in [3.63, 3.8) is 0 Å². The highest BCUT2D eigenvalue weighted by Gasteiger charge is 2.26. The fourth-order valence-corrected chi connectivity index (χ4v) is 2.75. The number of aryl methyl sites for hydroxylation is 1. The van der Waals surface area contributed by atoms with Crippen LogP contribution in [0.2, 0.25) is 0 Å². The Morgan fingerprint density at radius 2 is 2.20 bits per heavy atom. The van der Waals surface area contributed by atoms with E-state index in [1.54, 1.807) is 0 Å². The minimum absolute atomic E-state index is 0.106. The number of likely N-dealkylation sites (N-methyl/N-ethyl adjacent to an activating group) is 1. The van der Waals surface area contributed by atoms with Crippen LogP contribution < -0.4 is 5.32 Å². The number of hydrogen-bond acceptors (Lipinski definition) is 4. The lowest BCUT2D eigenvalue weighted by atomic mass is 10.1. The van der Waals surface area contributed by atoms with Crippen LogP contribution in [-0.4, -0.2) is 60.0 Å². The van der Waals surface area contributed by atoms with Crippen LogP contribution in [-0.2, 0) is 0 Å². The zero-order valence-electron chi connectivity index (χ0n) is 12.8. The summed E-state index contributed by atoms with van der Waals surface area (Å²) in [5.74, 6) is 0.850. The average molecular weight is 276 g/mol. The van der Waals surface area contributed by atoms with Crippen molar-refractivity contribution in [2.45, 2.75) is 26.8 Å². The minimum Gasteiger partial charge on any atom is -0.373 e. The van der Waals surface area contributed by atoms with Crippen molar-refractivity contribution in [2.24, 2.45) is 0 Å². The molecule has 0 aliphatic carbocycles. The van der Waals surface area contributed by atoms with Gasteiger partial charge in [0.2, 0.25) is 0 Å². The van der Waals surface area contributed by atoms with E-state index in [4.69, 9.17) is 0 Å². The molecule has 0 aromatic carbocycles. The van der Waals surface area contributed by atoms with Gasteiger partial charge in [-0.3, -0.25) is 9.69 Å². The van der Waals surface area contributed by atoms with Crippen molar-refractivity contribution in [1.82, 2.24) is 14.8 Å². The topological polar surface area (TPSA) is 48.5 Å². The van der Waals surface area contributed by atoms with Crippen molar-refractivity contribution in [1.29, 1.82) is 0 Å². The number of amides is 1. The van der Waals surface area contributed by atoms with Gasteiger partial charge in [-0.2, -0.15) is 0 Å². The van der Waals surface area contributed by atoms with E-state index in [1.165, 1.54) is 0 Å². The molecule has 1 atom stereocenters. The molecular weight excluding hydrogens is 252 g/mol. The molecular formula is C15H24N4O. The van der Waals surface area contributed by atoms with Gasteiger partial charge in [0.25, 0.3) is 5.91 Å². The van der Waals surface area contributed by atoms with Gasteiger partial charge < -0.3 is 10.2 Å². The summed E-state index contributed by atoms with van der Waals surface area (Å²) in [4.78, 5) is 21.3. The summed E-state index contributed by atoms with van der Waals surface area (Å²) in [5, 5.41) is 3.00. The summed E-state index contributed by atoms with van der Waals surface area (Å²) in [5.41, 5.74) is 1.58. The highest BCUT2D eigenvalue weighted by Crippen LogP contribution is 2.15. The first-order valence-corrected chi connectivity index (χ1v) is 7.25. The largest absolute Gasteiger partial charge is 0.373 e. The van der Waals surface area contributed by atoms with E-state index in [1.807, 2.05) is 31.0 Å². The Labute approximate surface area is 121 Å². The van der Waals surface area contributed by atoms with Crippen LogP contribution in [0.25, 0.3) is 0 Å². The van der Waals surface area contributed by atoms with Crippen LogP contribution in [0.1, 0.15) is 29.9 Å². The molecule has 5 heteroatoms. The molecule has 2 heterocycles. The highest BCUT2D eigenvalue weighted by atomic mass is 16.2. The van der Waals surface area contributed by atoms with E-state index in [0.717, 1.165) is 43.3 Å². The Hall–Kier alpha value is -1.62. The summed E-state index contributed by atoms with van der Waals surface area (Å²) in [6.07, 6.45) is 0. The molecule has 0 spiro atoms. The lowest BCUT2D eigenvalue weighted by molar-refractivity contribution is 0.0528. The predicted octanol–water partition coefficient (Wildman–Crippen LogP) is 1.60. The first-order chi connectivity index (χ1) is 9.55. The van der Waals surface area contributed by atoms with E-state index in [2.05, 4.69) is 29.0 Å². The third-order valence-electron chi connectivity index (χ3n) is 3.91. The summed E-state index contributed by atoms with van der Waals surface area (Å²) in [6, 6.07) is 4.11. The Kier molecular flexibility index (Phi) is 4.60. The first kappa shape index (κ1) is 14.8. The fraction of sp³-hybridized carbons (Fsp3) is 0.600. The van der Waals surface area contributed by atoms with E-state index >= 15 is 0 Å². The van der Waals surface area contributed by atoms with Gasteiger partial charge in [0.15, 0.2) is 0 Å². The van der Waals surface area contributed by atoms with Crippen molar-refractivity contribution in [3.8, 4) is 0 Å². The molecule has 1 saturated heterocycles. The normalized spacial score (nSPS) is 20.0. The Morgan fingerprint density at radius 3 is 2.80 bits per heavy atom. The maximum atomic E-state index is 12.6. The Morgan fingerprint density at radius 1 is 1.45 bits per heavy atom. The molecule has 2 rings (SSSR count). The Balaban J connectivity index is 2.14. The second-order valence-electron chi connectivity index (χ2n) is 5.36. The van der Waals surface area contributed by atoms with Gasteiger partial charge in [-0.25, -0.2) is 4.98 Å². The maximum Gasteiger partial charge on any atom is 0.254 e. The second kappa shape index (κ2) is 6.22. The first-order valence-electron chi connectivity index (χ1n) is 7.25. The van der Waals surface area contributed by atoms with E-state index in [9.17, 15) is 4.79 Å². The smallest absolute Gasteiger partial charge is 0.254 e. The third-order valence-corrected chi connectivity index (χ3v) is 3.91. The minimum atomic E-state index is 0.106. The zero-order chi connectivity index (χ0) is 14.7. The number of nitrogens with zero attached hydrogens (tertiary/aromatic N) is 3. The molecule has 1 aromatic heterocycles. The van der Waals surface area contributed by atoms with Gasteiger partial charge in [-0.05, 0) is 32.5 Å². The Bertz CT molecular complexity index is 489. The molecule has 1 aliphatic rings. The molecule has 0 radical (unpaired) electrons. The monoisotopic (exact) mass is 276 g/mol. The number of carbonyl (C=O) groups is 1. The molecule has 20 heavy (non-hydrogen) atoms. The fourth-order valence-electron chi connectivity index (χ4n) is 2.75. The average Bonchev–Trinajstić information content (AvgIpc) is 2.45. The molecule has 1 aliphatic heterocycles. The number of rotatable bonds is 3.